The summed E-state index contributed by atoms with van der Waals surface area (Å²) in [6.45, 7) is 0.435. The summed E-state index contributed by atoms with van der Waals surface area (Å²) in [7, 11) is 1.50. The van der Waals surface area contributed by atoms with Crippen molar-refractivity contribution in [2.75, 3.05) is 12.4 Å². The molecule has 0 aliphatic carbocycles. The van der Waals surface area contributed by atoms with Gasteiger partial charge in [0.2, 0.25) is 0 Å². The Labute approximate surface area is 180 Å². The molecular weight excluding hydrogens is 398 g/mol. The minimum absolute atomic E-state index is 0.118. The number of para-hydroxylation sites is 1. The summed E-state index contributed by atoms with van der Waals surface area (Å²) in [5.74, 6) is -0.136. The van der Waals surface area contributed by atoms with E-state index in [4.69, 9.17) is 17.0 Å². The van der Waals surface area contributed by atoms with E-state index in [0.717, 1.165) is 5.56 Å². The van der Waals surface area contributed by atoms with Gasteiger partial charge in [0.05, 0.1) is 12.7 Å². The molecule has 152 valence electrons. The minimum atomic E-state index is -0.387. The minimum Gasteiger partial charge on any atom is -0.496 e. The average Bonchev–Trinajstić information content (AvgIpc) is 2.78. The Morgan fingerprint density at radius 3 is 2.40 bits per heavy atom. The highest BCUT2D eigenvalue weighted by Gasteiger charge is 2.13. The van der Waals surface area contributed by atoms with E-state index in [0.29, 0.717) is 29.1 Å². The quantitative estimate of drug-likeness (QED) is 0.531. The molecule has 0 saturated carbocycles. The van der Waals surface area contributed by atoms with Gasteiger partial charge in [-0.25, -0.2) is 0 Å². The predicted molar refractivity (Wildman–Crippen MR) is 121 cm³/mol. The molecule has 0 atom stereocenters. The molecule has 7 heteroatoms. The first-order chi connectivity index (χ1) is 14.6. The van der Waals surface area contributed by atoms with Gasteiger partial charge in [-0.2, -0.15) is 0 Å². The first-order valence-electron chi connectivity index (χ1n) is 9.24. The lowest BCUT2D eigenvalue weighted by atomic mass is 10.1. The lowest BCUT2D eigenvalue weighted by molar-refractivity contribution is 0.0948. The number of carbonyl (C=O) groups is 2. The van der Waals surface area contributed by atoms with Gasteiger partial charge in [-0.1, -0.05) is 48.5 Å². The molecule has 0 aliphatic rings. The second-order valence-corrected chi connectivity index (χ2v) is 6.77. The maximum Gasteiger partial charge on any atom is 0.261 e. The molecule has 0 unspecified atom stereocenters. The largest absolute Gasteiger partial charge is 0.496 e. The SMILES string of the molecule is COc1ccccc1C(=O)NC(=S)Nc1cccc(C(=O)NCc2ccccc2)c1. The summed E-state index contributed by atoms with van der Waals surface area (Å²) in [5.41, 5.74) is 2.46. The molecule has 0 aliphatic heterocycles. The maximum absolute atomic E-state index is 12.4. The standard InChI is InChI=1S/C23H21N3O3S/c1-29-20-13-6-5-12-19(20)22(28)26-23(30)25-18-11-7-10-17(14-18)21(27)24-15-16-8-3-2-4-9-16/h2-14H,15H2,1H3,(H,24,27)(H2,25,26,28,30). The number of rotatable bonds is 6. The molecule has 3 aromatic carbocycles. The lowest BCUT2D eigenvalue weighted by Gasteiger charge is -2.12. The van der Waals surface area contributed by atoms with Crippen LogP contribution in [0.3, 0.4) is 0 Å². The van der Waals surface area contributed by atoms with Crippen molar-refractivity contribution in [2.24, 2.45) is 0 Å². The molecular formula is C23H21N3O3S. The van der Waals surface area contributed by atoms with E-state index in [2.05, 4.69) is 16.0 Å². The third kappa shape index (κ3) is 5.65. The molecule has 0 heterocycles. The zero-order valence-corrected chi connectivity index (χ0v) is 17.2. The van der Waals surface area contributed by atoms with Crippen molar-refractivity contribution in [3.8, 4) is 5.75 Å². The van der Waals surface area contributed by atoms with Crippen molar-refractivity contribution in [1.82, 2.24) is 10.6 Å². The fourth-order valence-electron chi connectivity index (χ4n) is 2.78. The molecule has 0 bridgehead atoms. The average molecular weight is 420 g/mol. The third-order valence-corrected chi connectivity index (χ3v) is 4.46. The van der Waals surface area contributed by atoms with Gasteiger partial charge in [-0.05, 0) is 48.1 Å². The summed E-state index contributed by atoms with van der Waals surface area (Å²) in [6.07, 6.45) is 0. The lowest BCUT2D eigenvalue weighted by Crippen LogP contribution is -2.34. The predicted octanol–water partition coefficient (Wildman–Crippen LogP) is 3.75. The Morgan fingerprint density at radius 1 is 0.900 bits per heavy atom. The maximum atomic E-state index is 12.4. The fourth-order valence-corrected chi connectivity index (χ4v) is 2.99. The molecule has 0 spiro atoms. The molecule has 3 aromatic rings. The highest BCUT2D eigenvalue weighted by atomic mass is 32.1. The van der Waals surface area contributed by atoms with Gasteiger partial charge in [0.1, 0.15) is 5.75 Å². The number of methoxy groups -OCH3 is 1. The Morgan fingerprint density at radius 2 is 1.63 bits per heavy atom. The van der Waals surface area contributed by atoms with Crippen molar-refractivity contribution in [3.05, 3.63) is 95.6 Å². The first-order valence-corrected chi connectivity index (χ1v) is 9.65. The van der Waals surface area contributed by atoms with Gasteiger partial charge in [0.15, 0.2) is 5.11 Å². The summed E-state index contributed by atoms with van der Waals surface area (Å²) in [6, 6.07) is 23.4. The van der Waals surface area contributed by atoms with Crippen LogP contribution in [0.5, 0.6) is 5.75 Å². The first kappa shape index (κ1) is 21.0. The van der Waals surface area contributed by atoms with Crippen molar-refractivity contribution in [2.45, 2.75) is 6.54 Å². The van der Waals surface area contributed by atoms with Crippen LogP contribution in [-0.4, -0.2) is 24.0 Å². The molecule has 0 saturated heterocycles. The summed E-state index contributed by atoms with van der Waals surface area (Å²) in [5, 5.41) is 8.54. The molecule has 30 heavy (non-hydrogen) atoms. The summed E-state index contributed by atoms with van der Waals surface area (Å²) < 4.78 is 5.19. The van der Waals surface area contributed by atoms with Crippen LogP contribution in [0, 0.1) is 0 Å². The third-order valence-electron chi connectivity index (χ3n) is 4.26. The van der Waals surface area contributed by atoms with Crippen LogP contribution >= 0.6 is 12.2 Å². The normalized spacial score (nSPS) is 10.0. The van der Waals surface area contributed by atoms with Crippen molar-refractivity contribution in [1.29, 1.82) is 0 Å². The highest BCUT2D eigenvalue weighted by Crippen LogP contribution is 2.17. The molecule has 0 fully saturated rings. The van der Waals surface area contributed by atoms with Crippen LogP contribution in [0.15, 0.2) is 78.9 Å². The monoisotopic (exact) mass is 419 g/mol. The zero-order chi connectivity index (χ0) is 21.3. The number of nitrogens with one attached hydrogen (secondary N) is 3. The number of hydrogen-bond acceptors (Lipinski definition) is 4. The van der Waals surface area contributed by atoms with E-state index in [1.54, 1.807) is 48.5 Å². The number of benzene rings is 3. The van der Waals surface area contributed by atoms with Crippen molar-refractivity contribution < 1.29 is 14.3 Å². The van der Waals surface area contributed by atoms with Gasteiger partial charge < -0.3 is 15.4 Å². The topological polar surface area (TPSA) is 79.5 Å². The Hall–Kier alpha value is -3.71. The van der Waals surface area contributed by atoms with E-state index >= 15 is 0 Å². The fraction of sp³-hybridized carbons (Fsp3) is 0.0870. The van der Waals surface area contributed by atoms with Gasteiger partial charge >= 0.3 is 0 Å². The Balaban J connectivity index is 1.59. The van der Waals surface area contributed by atoms with E-state index in [1.807, 2.05) is 30.3 Å². The van der Waals surface area contributed by atoms with Crippen molar-refractivity contribution >= 4 is 34.8 Å². The van der Waals surface area contributed by atoms with Gasteiger partial charge in [-0.15, -0.1) is 0 Å². The number of ether oxygens (including phenoxy) is 1. The molecule has 3 N–H and O–H groups in total. The smallest absolute Gasteiger partial charge is 0.261 e. The van der Waals surface area contributed by atoms with Crippen LogP contribution in [-0.2, 0) is 6.54 Å². The Bertz CT molecular complexity index is 1050. The molecule has 0 aromatic heterocycles. The van der Waals surface area contributed by atoms with E-state index in [9.17, 15) is 9.59 Å². The zero-order valence-electron chi connectivity index (χ0n) is 16.3. The van der Waals surface area contributed by atoms with E-state index < -0.39 is 0 Å². The summed E-state index contributed by atoms with van der Waals surface area (Å²) in [4.78, 5) is 24.9. The van der Waals surface area contributed by atoms with Gasteiger partial charge in [-0.3, -0.25) is 14.9 Å². The van der Waals surface area contributed by atoms with Crippen LogP contribution < -0.4 is 20.7 Å². The van der Waals surface area contributed by atoms with Crippen LogP contribution in [0.25, 0.3) is 0 Å². The summed E-state index contributed by atoms with van der Waals surface area (Å²) >= 11 is 5.23. The van der Waals surface area contributed by atoms with Crippen molar-refractivity contribution in [3.63, 3.8) is 0 Å². The Kier molecular flexibility index (Phi) is 7.13. The van der Waals surface area contributed by atoms with E-state index in [1.165, 1.54) is 7.11 Å². The van der Waals surface area contributed by atoms with Gasteiger partial charge in [0, 0.05) is 17.8 Å². The van der Waals surface area contributed by atoms with Gasteiger partial charge in [0.25, 0.3) is 11.8 Å². The number of hydrogen-bond donors (Lipinski definition) is 3. The van der Waals surface area contributed by atoms with Crippen LogP contribution in [0.4, 0.5) is 5.69 Å². The molecule has 0 radical (unpaired) electrons. The highest BCUT2D eigenvalue weighted by molar-refractivity contribution is 7.80. The number of carbonyl (C=O) groups excluding carboxylic acids is 2. The van der Waals surface area contributed by atoms with E-state index in [-0.39, 0.29) is 16.9 Å². The number of anilines is 1. The van der Waals surface area contributed by atoms with Crippen LogP contribution in [0.2, 0.25) is 0 Å². The second-order valence-electron chi connectivity index (χ2n) is 6.36. The molecule has 3 rings (SSSR count). The number of thiocarbonyl (C=S) groups is 1. The second kappa shape index (κ2) is 10.2. The molecule has 2 amide bonds. The van der Waals surface area contributed by atoms with Crippen LogP contribution in [0.1, 0.15) is 26.3 Å². The number of amides is 2. The molecule has 6 nitrogen and oxygen atoms in total.